The first kappa shape index (κ1) is 14.1. The molecule has 0 atom stereocenters. The van der Waals surface area contributed by atoms with Crippen molar-refractivity contribution < 1.29 is 4.79 Å². The van der Waals surface area contributed by atoms with E-state index >= 15 is 0 Å². The third-order valence-corrected chi connectivity index (χ3v) is 3.49. The Hall–Kier alpha value is -2.88. The predicted octanol–water partition coefficient (Wildman–Crippen LogP) is 3.55. The zero-order valence-electron chi connectivity index (χ0n) is 12.6. The molecule has 4 nitrogen and oxygen atoms in total. The third-order valence-electron chi connectivity index (χ3n) is 3.49. The minimum absolute atomic E-state index is 0.137. The highest BCUT2D eigenvalue weighted by Gasteiger charge is 2.07. The molecule has 0 saturated heterocycles. The van der Waals surface area contributed by atoms with Gasteiger partial charge in [-0.2, -0.15) is 0 Å². The predicted molar refractivity (Wildman–Crippen MR) is 90.5 cm³/mol. The van der Waals surface area contributed by atoms with Gasteiger partial charge in [0, 0.05) is 30.7 Å². The molecule has 0 aliphatic heterocycles. The van der Waals surface area contributed by atoms with Crippen molar-refractivity contribution in [3.8, 4) is 0 Å². The quantitative estimate of drug-likeness (QED) is 0.802. The van der Waals surface area contributed by atoms with Gasteiger partial charge in [0.05, 0.1) is 17.4 Å². The van der Waals surface area contributed by atoms with E-state index in [-0.39, 0.29) is 5.91 Å². The van der Waals surface area contributed by atoms with Gasteiger partial charge in [-0.3, -0.25) is 9.78 Å². The second-order valence-electron chi connectivity index (χ2n) is 5.31. The van der Waals surface area contributed by atoms with Crippen LogP contribution in [0.15, 0.2) is 60.8 Å². The maximum absolute atomic E-state index is 12.3. The number of rotatable bonds is 3. The molecule has 0 fully saturated rings. The van der Waals surface area contributed by atoms with E-state index in [9.17, 15) is 4.79 Å². The standard InChI is InChI=1S/C18H17N3O/c1-21(2)16-9-7-13(8-10-16)18(22)20-15-11-14-5-3-4-6-17(14)19-12-15/h3-12H,1-2H3,(H,20,22). The number of nitrogens with zero attached hydrogens (tertiary/aromatic N) is 2. The number of pyridine rings is 1. The molecule has 4 heteroatoms. The fourth-order valence-electron chi connectivity index (χ4n) is 2.25. The number of hydrogen-bond donors (Lipinski definition) is 1. The number of amides is 1. The number of fused-ring (bicyclic) bond motifs is 1. The molecule has 0 unspecified atom stereocenters. The summed E-state index contributed by atoms with van der Waals surface area (Å²) in [5.41, 5.74) is 3.29. The molecule has 1 aromatic heterocycles. The van der Waals surface area contributed by atoms with Crippen LogP contribution in [0.4, 0.5) is 11.4 Å². The minimum Gasteiger partial charge on any atom is -0.378 e. The van der Waals surface area contributed by atoms with Gasteiger partial charge in [-0.05, 0) is 36.4 Å². The molecule has 2 aromatic carbocycles. The normalized spacial score (nSPS) is 10.5. The molecule has 3 aromatic rings. The number of carbonyl (C=O) groups excluding carboxylic acids is 1. The fraction of sp³-hybridized carbons (Fsp3) is 0.111. The first-order valence-electron chi connectivity index (χ1n) is 7.07. The highest BCUT2D eigenvalue weighted by molar-refractivity contribution is 6.05. The van der Waals surface area contributed by atoms with Crippen molar-refractivity contribution in [2.45, 2.75) is 0 Å². The van der Waals surface area contributed by atoms with Gasteiger partial charge in [0.25, 0.3) is 5.91 Å². The molecule has 0 saturated carbocycles. The van der Waals surface area contributed by atoms with E-state index in [0.717, 1.165) is 16.6 Å². The van der Waals surface area contributed by atoms with Crippen LogP contribution in [-0.2, 0) is 0 Å². The average Bonchev–Trinajstić information content (AvgIpc) is 2.55. The van der Waals surface area contributed by atoms with E-state index in [1.807, 2.05) is 73.6 Å². The van der Waals surface area contributed by atoms with Gasteiger partial charge >= 0.3 is 0 Å². The number of benzene rings is 2. The van der Waals surface area contributed by atoms with Crippen LogP contribution in [0.25, 0.3) is 10.9 Å². The van der Waals surface area contributed by atoms with Crippen molar-refractivity contribution in [2.75, 3.05) is 24.3 Å². The molecule has 0 radical (unpaired) electrons. The van der Waals surface area contributed by atoms with Gasteiger partial charge in [-0.1, -0.05) is 18.2 Å². The van der Waals surface area contributed by atoms with Gasteiger partial charge in [0.2, 0.25) is 0 Å². The van der Waals surface area contributed by atoms with E-state index in [0.29, 0.717) is 11.3 Å². The summed E-state index contributed by atoms with van der Waals surface area (Å²) in [6.07, 6.45) is 1.68. The SMILES string of the molecule is CN(C)c1ccc(C(=O)Nc2cnc3ccccc3c2)cc1. The summed E-state index contributed by atoms with van der Waals surface area (Å²) in [4.78, 5) is 18.6. The van der Waals surface area contributed by atoms with Crippen LogP contribution in [-0.4, -0.2) is 25.0 Å². The molecule has 3 rings (SSSR count). The van der Waals surface area contributed by atoms with Crippen molar-refractivity contribution in [1.29, 1.82) is 0 Å². The first-order chi connectivity index (χ1) is 10.6. The Balaban J connectivity index is 1.80. The monoisotopic (exact) mass is 291 g/mol. The zero-order valence-corrected chi connectivity index (χ0v) is 12.6. The summed E-state index contributed by atoms with van der Waals surface area (Å²) in [6, 6.07) is 17.2. The Labute approximate surface area is 129 Å². The molecule has 0 spiro atoms. The maximum atomic E-state index is 12.3. The van der Waals surface area contributed by atoms with Crippen LogP contribution >= 0.6 is 0 Å². The van der Waals surface area contributed by atoms with Gasteiger partial charge in [-0.15, -0.1) is 0 Å². The number of aromatic nitrogens is 1. The van der Waals surface area contributed by atoms with Crippen LogP contribution in [0, 0.1) is 0 Å². The van der Waals surface area contributed by atoms with Crippen LogP contribution < -0.4 is 10.2 Å². The van der Waals surface area contributed by atoms with Crippen LogP contribution in [0.3, 0.4) is 0 Å². The molecular weight excluding hydrogens is 274 g/mol. The Morgan fingerprint density at radius 2 is 1.77 bits per heavy atom. The Bertz CT molecular complexity index is 810. The Morgan fingerprint density at radius 1 is 1.05 bits per heavy atom. The average molecular weight is 291 g/mol. The highest BCUT2D eigenvalue weighted by atomic mass is 16.1. The summed E-state index contributed by atoms with van der Waals surface area (Å²) in [5, 5.41) is 3.89. The minimum atomic E-state index is -0.137. The van der Waals surface area contributed by atoms with Gasteiger partial charge in [0.1, 0.15) is 0 Å². The second-order valence-corrected chi connectivity index (χ2v) is 5.31. The van der Waals surface area contributed by atoms with Crippen LogP contribution in [0.5, 0.6) is 0 Å². The number of carbonyl (C=O) groups is 1. The van der Waals surface area contributed by atoms with E-state index in [2.05, 4.69) is 10.3 Å². The molecule has 110 valence electrons. The van der Waals surface area contributed by atoms with E-state index in [1.165, 1.54) is 0 Å². The lowest BCUT2D eigenvalue weighted by Gasteiger charge is -2.12. The van der Waals surface area contributed by atoms with Crippen molar-refractivity contribution >= 4 is 28.2 Å². The van der Waals surface area contributed by atoms with Crippen LogP contribution in [0.1, 0.15) is 10.4 Å². The smallest absolute Gasteiger partial charge is 0.255 e. The summed E-state index contributed by atoms with van der Waals surface area (Å²) in [7, 11) is 3.94. The molecule has 22 heavy (non-hydrogen) atoms. The van der Waals surface area contributed by atoms with E-state index in [4.69, 9.17) is 0 Å². The van der Waals surface area contributed by atoms with Gasteiger partial charge < -0.3 is 10.2 Å². The highest BCUT2D eigenvalue weighted by Crippen LogP contribution is 2.18. The van der Waals surface area contributed by atoms with Crippen LogP contribution in [0.2, 0.25) is 0 Å². The molecule has 0 aliphatic carbocycles. The lowest BCUT2D eigenvalue weighted by atomic mass is 10.1. The Morgan fingerprint density at radius 3 is 2.50 bits per heavy atom. The first-order valence-corrected chi connectivity index (χ1v) is 7.07. The molecule has 1 heterocycles. The summed E-state index contributed by atoms with van der Waals surface area (Å²) < 4.78 is 0. The van der Waals surface area contributed by atoms with Crippen molar-refractivity contribution in [3.63, 3.8) is 0 Å². The molecule has 0 bridgehead atoms. The summed E-state index contributed by atoms with van der Waals surface area (Å²) in [5.74, 6) is -0.137. The van der Waals surface area contributed by atoms with Gasteiger partial charge in [0.15, 0.2) is 0 Å². The van der Waals surface area contributed by atoms with E-state index < -0.39 is 0 Å². The Kier molecular flexibility index (Phi) is 3.74. The fourth-order valence-corrected chi connectivity index (χ4v) is 2.25. The van der Waals surface area contributed by atoms with Crippen molar-refractivity contribution in [2.24, 2.45) is 0 Å². The van der Waals surface area contributed by atoms with E-state index in [1.54, 1.807) is 6.20 Å². The third kappa shape index (κ3) is 2.91. The largest absolute Gasteiger partial charge is 0.378 e. The lowest BCUT2D eigenvalue weighted by molar-refractivity contribution is 0.102. The number of para-hydroxylation sites is 1. The van der Waals surface area contributed by atoms with Gasteiger partial charge in [-0.25, -0.2) is 0 Å². The summed E-state index contributed by atoms with van der Waals surface area (Å²) >= 11 is 0. The lowest BCUT2D eigenvalue weighted by Crippen LogP contribution is -2.13. The summed E-state index contributed by atoms with van der Waals surface area (Å²) in [6.45, 7) is 0. The maximum Gasteiger partial charge on any atom is 0.255 e. The molecule has 0 aliphatic rings. The number of hydrogen-bond acceptors (Lipinski definition) is 3. The number of anilines is 2. The van der Waals surface area contributed by atoms with Crippen molar-refractivity contribution in [1.82, 2.24) is 4.98 Å². The molecular formula is C18H17N3O. The zero-order chi connectivity index (χ0) is 15.5. The molecule has 1 N–H and O–H groups in total. The topological polar surface area (TPSA) is 45.2 Å². The molecule has 1 amide bonds. The number of nitrogens with one attached hydrogen (secondary N) is 1. The van der Waals surface area contributed by atoms with Crippen molar-refractivity contribution in [3.05, 3.63) is 66.4 Å². The second kappa shape index (κ2) is 5.85.